The van der Waals surface area contributed by atoms with E-state index in [2.05, 4.69) is 5.92 Å². The van der Waals surface area contributed by atoms with Crippen molar-refractivity contribution in [3.8, 4) is 12.3 Å². The maximum atomic E-state index is 11.0. The van der Waals surface area contributed by atoms with Gasteiger partial charge >= 0.3 is 0 Å². The first-order chi connectivity index (χ1) is 4.84. The number of ether oxygens (including phenoxy) is 1. The van der Waals surface area contributed by atoms with Crippen molar-refractivity contribution in [3.05, 3.63) is 0 Å². The number of hydrogen-bond donors (Lipinski definition) is 0. The molecule has 54 valence electrons. The summed E-state index contributed by atoms with van der Waals surface area (Å²) < 4.78 is 5.09. The molecule has 0 spiro atoms. The van der Waals surface area contributed by atoms with Gasteiger partial charge in [0.1, 0.15) is 5.78 Å². The lowest BCUT2D eigenvalue weighted by atomic mass is 9.98. The molecule has 0 N–H and O–H groups in total. The lowest BCUT2D eigenvalue weighted by Crippen LogP contribution is -2.26. The molecule has 0 aromatic rings. The highest BCUT2D eigenvalue weighted by atomic mass is 16.5. The van der Waals surface area contributed by atoms with E-state index in [0.29, 0.717) is 26.1 Å². The van der Waals surface area contributed by atoms with Gasteiger partial charge in [-0.1, -0.05) is 0 Å². The van der Waals surface area contributed by atoms with E-state index in [-0.39, 0.29) is 11.7 Å². The monoisotopic (exact) mass is 138 g/mol. The Bertz CT molecular complexity index is 167. The molecule has 1 aliphatic heterocycles. The van der Waals surface area contributed by atoms with Gasteiger partial charge in [-0.15, -0.1) is 12.3 Å². The van der Waals surface area contributed by atoms with Gasteiger partial charge in [-0.05, 0) is 0 Å². The first-order valence-corrected chi connectivity index (χ1v) is 3.38. The SMILES string of the molecule is C#CCC1COCCC1=O. The molecule has 1 fully saturated rings. The molecule has 0 aromatic heterocycles. The molecule has 0 bridgehead atoms. The summed E-state index contributed by atoms with van der Waals surface area (Å²) in [6.07, 6.45) is 6.12. The van der Waals surface area contributed by atoms with Gasteiger partial charge in [-0.2, -0.15) is 0 Å². The summed E-state index contributed by atoms with van der Waals surface area (Å²) >= 11 is 0. The molecular formula is C8H10O2. The minimum absolute atomic E-state index is 0.0289. The third-order valence-electron chi connectivity index (χ3n) is 1.63. The minimum Gasteiger partial charge on any atom is -0.380 e. The second-order valence-corrected chi connectivity index (χ2v) is 2.40. The lowest BCUT2D eigenvalue weighted by molar-refractivity contribution is -0.130. The van der Waals surface area contributed by atoms with E-state index in [9.17, 15) is 4.79 Å². The van der Waals surface area contributed by atoms with E-state index >= 15 is 0 Å². The van der Waals surface area contributed by atoms with Crippen LogP contribution >= 0.6 is 0 Å². The topological polar surface area (TPSA) is 26.3 Å². The molecule has 0 radical (unpaired) electrons. The molecule has 0 aromatic carbocycles. The molecule has 2 heteroatoms. The molecule has 1 unspecified atom stereocenters. The summed E-state index contributed by atoms with van der Waals surface area (Å²) in [5, 5.41) is 0. The Morgan fingerprint density at radius 3 is 3.20 bits per heavy atom. The molecule has 10 heavy (non-hydrogen) atoms. The Morgan fingerprint density at radius 1 is 1.80 bits per heavy atom. The minimum atomic E-state index is -0.0289. The second kappa shape index (κ2) is 3.38. The highest BCUT2D eigenvalue weighted by Gasteiger charge is 2.21. The third-order valence-corrected chi connectivity index (χ3v) is 1.63. The first kappa shape index (κ1) is 7.30. The summed E-state index contributed by atoms with van der Waals surface area (Å²) in [5.74, 6) is 2.69. The van der Waals surface area contributed by atoms with Crippen LogP contribution in [-0.2, 0) is 9.53 Å². The molecule has 1 saturated heterocycles. The molecule has 0 amide bonds. The zero-order valence-electron chi connectivity index (χ0n) is 5.80. The highest BCUT2D eigenvalue weighted by molar-refractivity contribution is 5.82. The summed E-state index contributed by atoms with van der Waals surface area (Å²) in [7, 11) is 0. The van der Waals surface area contributed by atoms with Crippen LogP contribution in [0.3, 0.4) is 0 Å². The lowest BCUT2D eigenvalue weighted by Gasteiger charge is -2.18. The fourth-order valence-electron chi connectivity index (χ4n) is 1.01. The number of carbonyl (C=O) groups excluding carboxylic acids is 1. The van der Waals surface area contributed by atoms with Crippen molar-refractivity contribution in [2.45, 2.75) is 12.8 Å². The zero-order valence-corrected chi connectivity index (χ0v) is 5.80. The van der Waals surface area contributed by atoms with Crippen LogP contribution in [0.2, 0.25) is 0 Å². The Labute approximate surface area is 60.6 Å². The standard InChI is InChI=1S/C8H10O2/c1-2-3-7-6-10-5-4-8(7)9/h1,7H,3-6H2. The normalized spacial score (nSPS) is 25.9. The average Bonchev–Trinajstić information content (AvgIpc) is 1.94. The predicted octanol–water partition coefficient (Wildman–Crippen LogP) is 0.615. The predicted molar refractivity (Wildman–Crippen MR) is 37.4 cm³/mol. The van der Waals surface area contributed by atoms with Gasteiger partial charge < -0.3 is 4.74 Å². The van der Waals surface area contributed by atoms with Crippen molar-refractivity contribution < 1.29 is 9.53 Å². The van der Waals surface area contributed by atoms with Gasteiger partial charge in [0, 0.05) is 12.8 Å². The van der Waals surface area contributed by atoms with Gasteiger partial charge in [0.25, 0.3) is 0 Å². The molecule has 0 saturated carbocycles. The van der Waals surface area contributed by atoms with Crippen LogP contribution in [0.15, 0.2) is 0 Å². The smallest absolute Gasteiger partial charge is 0.141 e. The van der Waals surface area contributed by atoms with Crippen molar-refractivity contribution >= 4 is 5.78 Å². The van der Waals surface area contributed by atoms with E-state index in [1.54, 1.807) is 0 Å². The Morgan fingerprint density at radius 2 is 2.60 bits per heavy atom. The third kappa shape index (κ3) is 1.58. The number of hydrogen-bond acceptors (Lipinski definition) is 2. The molecule has 0 aliphatic carbocycles. The number of terminal acetylenes is 1. The van der Waals surface area contributed by atoms with E-state index in [0.717, 1.165) is 0 Å². The van der Waals surface area contributed by atoms with Gasteiger partial charge in [0.05, 0.1) is 19.1 Å². The van der Waals surface area contributed by atoms with Crippen molar-refractivity contribution in [3.63, 3.8) is 0 Å². The van der Waals surface area contributed by atoms with E-state index in [1.807, 2.05) is 0 Å². The largest absolute Gasteiger partial charge is 0.380 e. The van der Waals surface area contributed by atoms with Crippen LogP contribution in [-0.4, -0.2) is 19.0 Å². The summed E-state index contributed by atoms with van der Waals surface area (Å²) in [6, 6.07) is 0. The van der Waals surface area contributed by atoms with Crippen LogP contribution in [0.4, 0.5) is 0 Å². The number of ketones is 1. The maximum absolute atomic E-state index is 11.0. The summed E-state index contributed by atoms with van der Waals surface area (Å²) in [5.41, 5.74) is 0. The quantitative estimate of drug-likeness (QED) is 0.496. The molecule has 1 rings (SSSR count). The van der Waals surface area contributed by atoms with Crippen LogP contribution in [0.25, 0.3) is 0 Å². The van der Waals surface area contributed by atoms with Crippen LogP contribution in [0, 0.1) is 18.3 Å². The van der Waals surface area contributed by atoms with E-state index in [4.69, 9.17) is 11.2 Å². The molecule has 2 nitrogen and oxygen atoms in total. The Kier molecular flexibility index (Phi) is 2.47. The van der Waals surface area contributed by atoms with Gasteiger partial charge in [-0.3, -0.25) is 4.79 Å². The molecular weight excluding hydrogens is 128 g/mol. The van der Waals surface area contributed by atoms with Gasteiger partial charge in [0.15, 0.2) is 0 Å². The van der Waals surface area contributed by atoms with Crippen molar-refractivity contribution in [1.82, 2.24) is 0 Å². The van der Waals surface area contributed by atoms with Gasteiger partial charge in [-0.25, -0.2) is 0 Å². The van der Waals surface area contributed by atoms with Crippen LogP contribution in [0.1, 0.15) is 12.8 Å². The van der Waals surface area contributed by atoms with Gasteiger partial charge in [0.2, 0.25) is 0 Å². The summed E-state index contributed by atoms with van der Waals surface area (Å²) in [6.45, 7) is 1.09. The molecule has 1 atom stereocenters. The maximum Gasteiger partial charge on any atom is 0.141 e. The zero-order chi connectivity index (χ0) is 7.40. The van der Waals surface area contributed by atoms with Crippen LogP contribution < -0.4 is 0 Å². The Hall–Kier alpha value is -0.810. The average molecular weight is 138 g/mol. The Balaban J connectivity index is 2.42. The van der Waals surface area contributed by atoms with Crippen LogP contribution in [0.5, 0.6) is 0 Å². The molecule has 1 aliphatic rings. The number of rotatable bonds is 1. The van der Waals surface area contributed by atoms with Crippen molar-refractivity contribution in [2.75, 3.05) is 13.2 Å². The molecule has 1 heterocycles. The fraction of sp³-hybridized carbons (Fsp3) is 0.625. The summed E-state index contributed by atoms with van der Waals surface area (Å²) in [4.78, 5) is 11.0. The fourth-order valence-corrected chi connectivity index (χ4v) is 1.01. The van der Waals surface area contributed by atoms with E-state index in [1.165, 1.54) is 0 Å². The number of carbonyl (C=O) groups is 1. The van der Waals surface area contributed by atoms with E-state index < -0.39 is 0 Å². The second-order valence-electron chi connectivity index (χ2n) is 2.40. The van der Waals surface area contributed by atoms with Crippen molar-refractivity contribution in [2.24, 2.45) is 5.92 Å². The highest BCUT2D eigenvalue weighted by Crippen LogP contribution is 2.12. The number of Topliss-reactive ketones (excluding diaryl/α,β-unsaturated/α-hetero) is 1. The van der Waals surface area contributed by atoms with Crippen molar-refractivity contribution in [1.29, 1.82) is 0 Å². The first-order valence-electron chi connectivity index (χ1n) is 3.38.